The minimum Gasteiger partial charge on any atom is -0.241 e. The van der Waals surface area contributed by atoms with E-state index in [1.165, 1.54) is 57.8 Å². The van der Waals surface area contributed by atoms with E-state index in [0.29, 0.717) is 0 Å². The SMILES string of the molecule is CCCCCCC(CCCCC)Cc1ncccn1. The fraction of sp³-hybridized carbons (Fsp3) is 0.765. The summed E-state index contributed by atoms with van der Waals surface area (Å²) in [5.74, 6) is 1.81. The van der Waals surface area contributed by atoms with Crippen LogP contribution in [0.5, 0.6) is 0 Å². The smallest absolute Gasteiger partial charge is 0.128 e. The highest BCUT2D eigenvalue weighted by Crippen LogP contribution is 2.20. The van der Waals surface area contributed by atoms with Gasteiger partial charge >= 0.3 is 0 Å². The summed E-state index contributed by atoms with van der Waals surface area (Å²) in [5.41, 5.74) is 0. The number of unbranched alkanes of at least 4 members (excludes halogenated alkanes) is 5. The van der Waals surface area contributed by atoms with E-state index in [4.69, 9.17) is 0 Å². The Morgan fingerprint density at radius 2 is 1.42 bits per heavy atom. The molecule has 1 heterocycles. The summed E-state index contributed by atoms with van der Waals surface area (Å²) in [5, 5.41) is 0. The van der Waals surface area contributed by atoms with Crippen molar-refractivity contribution in [1.82, 2.24) is 9.97 Å². The second-order valence-corrected chi connectivity index (χ2v) is 5.58. The summed E-state index contributed by atoms with van der Waals surface area (Å²) >= 11 is 0. The zero-order valence-corrected chi connectivity index (χ0v) is 12.8. The van der Waals surface area contributed by atoms with Crippen LogP contribution in [0, 0.1) is 5.92 Å². The van der Waals surface area contributed by atoms with Gasteiger partial charge in [-0.15, -0.1) is 0 Å². The van der Waals surface area contributed by atoms with Crippen LogP contribution < -0.4 is 0 Å². The van der Waals surface area contributed by atoms with E-state index in [-0.39, 0.29) is 0 Å². The first-order valence-electron chi connectivity index (χ1n) is 8.12. The molecule has 2 nitrogen and oxygen atoms in total. The first kappa shape index (κ1) is 16.1. The molecular formula is C17H30N2. The second kappa shape index (κ2) is 11.0. The maximum atomic E-state index is 4.38. The number of nitrogens with zero attached hydrogens (tertiary/aromatic N) is 2. The van der Waals surface area contributed by atoms with Crippen molar-refractivity contribution < 1.29 is 0 Å². The Kier molecular flexibility index (Phi) is 9.30. The fourth-order valence-electron chi connectivity index (χ4n) is 2.58. The Morgan fingerprint density at radius 1 is 0.842 bits per heavy atom. The largest absolute Gasteiger partial charge is 0.241 e. The van der Waals surface area contributed by atoms with Gasteiger partial charge in [0.25, 0.3) is 0 Å². The van der Waals surface area contributed by atoms with Gasteiger partial charge in [-0.1, -0.05) is 71.6 Å². The third-order valence-corrected chi connectivity index (χ3v) is 3.77. The van der Waals surface area contributed by atoms with E-state index < -0.39 is 0 Å². The van der Waals surface area contributed by atoms with E-state index in [1.807, 2.05) is 18.5 Å². The van der Waals surface area contributed by atoms with E-state index in [2.05, 4.69) is 23.8 Å². The molecule has 0 aliphatic heterocycles. The molecule has 0 fully saturated rings. The van der Waals surface area contributed by atoms with E-state index in [9.17, 15) is 0 Å². The summed E-state index contributed by atoms with van der Waals surface area (Å²) in [6.45, 7) is 4.55. The fourth-order valence-corrected chi connectivity index (χ4v) is 2.58. The molecule has 1 unspecified atom stereocenters. The van der Waals surface area contributed by atoms with Gasteiger partial charge in [-0.3, -0.25) is 0 Å². The Bertz CT molecular complexity index is 297. The molecule has 0 saturated carbocycles. The maximum absolute atomic E-state index is 4.38. The van der Waals surface area contributed by atoms with Crippen LogP contribution in [-0.2, 0) is 6.42 Å². The van der Waals surface area contributed by atoms with Gasteiger partial charge in [0.1, 0.15) is 5.82 Å². The Morgan fingerprint density at radius 3 is 2.05 bits per heavy atom. The summed E-state index contributed by atoms with van der Waals surface area (Å²) < 4.78 is 0. The highest BCUT2D eigenvalue weighted by molar-refractivity contribution is 4.90. The molecule has 0 N–H and O–H groups in total. The number of rotatable bonds is 11. The lowest BCUT2D eigenvalue weighted by Gasteiger charge is -2.15. The van der Waals surface area contributed by atoms with Crippen LogP contribution in [0.4, 0.5) is 0 Å². The van der Waals surface area contributed by atoms with E-state index >= 15 is 0 Å². The van der Waals surface area contributed by atoms with E-state index in [1.54, 1.807) is 0 Å². The summed E-state index contributed by atoms with van der Waals surface area (Å²) in [6, 6.07) is 1.90. The van der Waals surface area contributed by atoms with E-state index in [0.717, 1.165) is 18.2 Å². The quantitative estimate of drug-likeness (QED) is 0.513. The van der Waals surface area contributed by atoms with Gasteiger partial charge in [0.05, 0.1) is 0 Å². The van der Waals surface area contributed by atoms with Crippen molar-refractivity contribution in [3.05, 3.63) is 24.3 Å². The number of aromatic nitrogens is 2. The molecule has 0 spiro atoms. The van der Waals surface area contributed by atoms with Gasteiger partial charge in [0.15, 0.2) is 0 Å². The molecule has 0 aliphatic carbocycles. The molecule has 0 amide bonds. The highest BCUT2D eigenvalue weighted by atomic mass is 14.8. The van der Waals surface area contributed by atoms with Crippen molar-refractivity contribution in [2.45, 2.75) is 78.1 Å². The van der Waals surface area contributed by atoms with Gasteiger partial charge in [-0.05, 0) is 12.0 Å². The first-order chi connectivity index (χ1) is 9.36. The second-order valence-electron chi connectivity index (χ2n) is 5.58. The summed E-state index contributed by atoms with van der Waals surface area (Å²) in [4.78, 5) is 8.76. The van der Waals surface area contributed by atoms with Gasteiger partial charge in [-0.25, -0.2) is 9.97 Å². The maximum Gasteiger partial charge on any atom is 0.128 e. The van der Waals surface area contributed by atoms with Gasteiger partial charge in [0.2, 0.25) is 0 Å². The number of hydrogen-bond donors (Lipinski definition) is 0. The van der Waals surface area contributed by atoms with Crippen LogP contribution in [0.15, 0.2) is 18.5 Å². The molecule has 1 aromatic heterocycles. The molecule has 0 aromatic carbocycles. The average Bonchev–Trinajstić information content (AvgIpc) is 2.44. The molecule has 0 saturated heterocycles. The van der Waals surface area contributed by atoms with Crippen molar-refractivity contribution in [1.29, 1.82) is 0 Å². The normalized spacial score (nSPS) is 12.5. The molecule has 0 bridgehead atoms. The molecule has 2 heteroatoms. The molecule has 0 radical (unpaired) electrons. The van der Waals surface area contributed by atoms with Crippen LogP contribution in [0.1, 0.15) is 77.5 Å². The molecular weight excluding hydrogens is 232 g/mol. The lowest BCUT2D eigenvalue weighted by Crippen LogP contribution is -2.08. The topological polar surface area (TPSA) is 25.8 Å². The van der Waals surface area contributed by atoms with Gasteiger partial charge in [-0.2, -0.15) is 0 Å². The van der Waals surface area contributed by atoms with Crippen LogP contribution in [0.2, 0.25) is 0 Å². The van der Waals surface area contributed by atoms with Gasteiger partial charge < -0.3 is 0 Å². The Labute approximate surface area is 119 Å². The van der Waals surface area contributed by atoms with Crippen molar-refractivity contribution in [3.63, 3.8) is 0 Å². The molecule has 19 heavy (non-hydrogen) atoms. The molecule has 1 rings (SSSR count). The highest BCUT2D eigenvalue weighted by Gasteiger charge is 2.10. The van der Waals surface area contributed by atoms with Crippen molar-refractivity contribution >= 4 is 0 Å². The van der Waals surface area contributed by atoms with Crippen LogP contribution in [0.25, 0.3) is 0 Å². The summed E-state index contributed by atoms with van der Waals surface area (Å²) in [6.07, 6.45) is 17.0. The third-order valence-electron chi connectivity index (χ3n) is 3.77. The molecule has 1 atom stereocenters. The molecule has 108 valence electrons. The average molecular weight is 262 g/mol. The number of hydrogen-bond acceptors (Lipinski definition) is 2. The van der Waals surface area contributed by atoms with Crippen LogP contribution in [0.3, 0.4) is 0 Å². The minimum atomic E-state index is 0.783. The lowest BCUT2D eigenvalue weighted by atomic mass is 9.91. The minimum absolute atomic E-state index is 0.783. The molecule has 1 aromatic rings. The van der Waals surface area contributed by atoms with Gasteiger partial charge in [0, 0.05) is 18.8 Å². The predicted octanol–water partition coefficient (Wildman–Crippen LogP) is 5.19. The lowest BCUT2D eigenvalue weighted by molar-refractivity contribution is 0.399. The van der Waals surface area contributed by atoms with Crippen LogP contribution >= 0.6 is 0 Å². The van der Waals surface area contributed by atoms with Crippen molar-refractivity contribution in [3.8, 4) is 0 Å². The van der Waals surface area contributed by atoms with Crippen LogP contribution in [-0.4, -0.2) is 9.97 Å². The Hall–Kier alpha value is -0.920. The Balaban J connectivity index is 2.35. The first-order valence-corrected chi connectivity index (χ1v) is 8.12. The zero-order chi connectivity index (χ0) is 13.8. The standard InChI is InChI=1S/C17H30N2/c1-3-5-7-9-12-16(11-8-6-4-2)15-17-18-13-10-14-19-17/h10,13-14,16H,3-9,11-12,15H2,1-2H3. The zero-order valence-electron chi connectivity index (χ0n) is 12.8. The molecule has 0 aliphatic rings. The predicted molar refractivity (Wildman–Crippen MR) is 82.1 cm³/mol. The van der Waals surface area contributed by atoms with Crippen molar-refractivity contribution in [2.75, 3.05) is 0 Å². The monoisotopic (exact) mass is 262 g/mol. The van der Waals surface area contributed by atoms with Crippen molar-refractivity contribution in [2.24, 2.45) is 5.92 Å². The summed E-state index contributed by atoms with van der Waals surface area (Å²) in [7, 11) is 0. The third kappa shape index (κ3) is 7.97.